The van der Waals surface area contributed by atoms with Crippen LogP contribution in [0.1, 0.15) is 13.3 Å². The summed E-state index contributed by atoms with van der Waals surface area (Å²) in [5, 5.41) is 3.33. The number of hydrogen-bond donors (Lipinski definition) is 2. The fourth-order valence-electron chi connectivity index (χ4n) is 1.22. The van der Waals surface area contributed by atoms with E-state index >= 15 is 0 Å². The van der Waals surface area contributed by atoms with E-state index in [0.717, 1.165) is 17.8 Å². The Balaban J connectivity index is 2.58. The quantitative estimate of drug-likeness (QED) is 0.546. The second-order valence-electron chi connectivity index (χ2n) is 3.20. The van der Waals surface area contributed by atoms with Crippen LogP contribution in [0.2, 0.25) is 0 Å². The lowest BCUT2D eigenvalue weighted by Crippen LogP contribution is -2.13. The molecule has 0 amide bonds. The Morgan fingerprint density at radius 3 is 3.00 bits per heavy atom. The lowest BCUT2D eigenvalue weighted by atomic mass is 10.2. The van der Waals surface area contributed by atoms with Crippen molar-refractivity contribution in [1.29, 1.82) is 0 Å². The van der Waals surface area contributed by atoms with Crippen molar-refractivity contribution < 1.29 is 0 Å². The van der Waals surface area contributed by atoms with E-state index in [1.54, 1.807) is 0 Å². The summed E-state index contributed by atoms with van der Waals surface area (Å²) in [6, 6.07) is 8.16. The van der Waals surface area contributed by atoms with Gasteiger partial charge in [-0.15, -0.1) is 6.58 Å². The van der Waals surface area contributed by atoms with E-state index in [1.165, 1.54) is 0 Å². The van der Waals surface area contributed by atoms with Crippen LogP contribution in [-0.2, 0) is 0 Å². The van der Waals surface area contributed by atoms with Gasteiger partial charge in [0.15, 0.2) is 0 Å². The molecule has 0 spiro atoms. The van der Waals surface area contributed by atoms with Gasteiger partial charge in [-0.1, -0.05) is 12.1 Å². The van der Waals surface area contributed by atoms with Crippen LogP contribution in [0.3, 0.4) is 0 Å². The molecule has 0 aliphatic heterocycles. The molecule has 1 aromatic carbocycles. The molecule has 1 atom stereocenters. The summed E-state index contributed by atoms with van der Waals surface area (Å²) in [5.74, 6) is 0. The van der Waals surface area contributed by atoms with Gasteiger partial charge >= 0.3 is 0 Å². The number of nitrogen functional groups attached to an aromatic ring is 1. The summed E-state index contributed by atoms with van der Waals surface area (Å²) in [5.41, 5.74) is 7.50. The monoisotopic (exact) mass is 176 g/mol. The van der Waals surface area contributed by atoms with E-state index in [-0.39, 0.29) is 0 Å². The first-order valence-electron chi connectivity index (χ1n) is 4.45. The minimum atomic E-state index is 0.402. The van der Waals surface area contributed by atoms with Crippen LogP contribution >= 0.6 is 0 Å². The minimum absolute atomic E-state index is 0.402. The van der Waals surface area contributed by atoms with Gasteiger partial charge in [-0.25, -0.2) is 0 Å². The predicted octanol–water partition coefficient (Wildman–Crippen LogP) is 2.65. The van der Waals surface area contributed by atoms with Gasteiger partial charge in [0.2, 0.25) is 0 Å². The molecule has 1 aromatic rings. The van der Waals surface area contributed by atoms with E-state index in [9.17, 15) is 0 Å². The Labute approximate surface area is 79.5 Å². The van der Waals surface area contributed by atoms with Crippen molar-refractivity contribution in [3.63, 3.8) is 0 Å². The molecular formula is C11H16N2. The van der Waals surface area contributed by atoms with Crippen molar-refractivity contribution in [3.05, 3.63) is 36.9 Å². The Morgan fingerprint density at radius 2 is 2.38 bits per heavy atom. The maximum absolute atomic E-state index is 5.65. The van der Waals surface area contributed by atoms with E-state index in [2.05, 4.69) is 18.8 Å². The molecule has 1 unspecified atom stereocenters. The second-order valence-corrected chi connectivity index (χ2v) is 3.20. The topological polar surface area (TPSA) is 38.0 Å². The Hall–Kier alpha value is -1.44. The molecule has 0 saturated carbocycles. The van der Waals surface area contributed by atoms with Gasteiger partial charge in [0, 0.05) is 17.4 Å². The largest absolute Gasteiger partial charge is 0.399 e. The SMILES string of the molecule is C=CCC(C)Nc1cccc(N)c1. The molecule has 70 valence electrons. The van der Waals surface area contributed by atoms with E-state index in [0.29, 0.717) is 6.04 Å². The van der Waals surface area contributed by atoms with Crippen LogP contribution < -0.4 is 11.1 Å². The molecule has 0 radical (unpaired) electrons. The van der Waals surface area contributed by atoms with Crippen molar-refractivity contribution in [1.82, 2.24) is 0 Å². The Morgan fingerprint density at radius 1 is 1.62 bits per heavy atom. The first kappa shape index (κ1) is 9.65. The molecule has 0 aromatic heterocycles. The predicted molar refractivity (Wildman–Crippen MR) is 58.8 cm³/mol. The summed E-state index contributed by atoms with van der Waals surface area (Å²) in [6.45, 7) is 5.81. The van der Waals surface area contributed by atoms with Crippen molar-refractivity contribution in [2.24, 2.45) is 0 Å². The molecule has 1 rings (SSSR count). The number of nitrogens with one attached hydrogen (secondary N) is 1. The number of nitrogens with two attached hydrogens (primary N) is 1. The smallest absolute Gasteiger partial charge is 0.0362 e. The van der Waals surface area contributed by atoms with Gasteiger partial charge in [0.05, 0.1) is 0 Å². The van der Waals surface area contributed by atoms with E-state index in [4.69, 9.17) is 5.73 Å². The molecule has 0 saturated heterocycles. The number of hydrogen-bond acceptors (Lipinski definition) is 2. The second kappa shape index (κ2) is 4.55. The molecule has 3 N–H and O–H groups in total. The van der Waals surface area contributed by atoms with Crippen LogP contribution in [0.4, 0.5) is 11.4 Å². The van der Waals surface area contributed by atoms with Crippen molar-refractivity contribution in [2.75, 3.05) is 11.1 Å². The normalized spacial score (nSPS) is 12.1. The highest BCUT2D eigenvalue weighted by Crippen LogP contribution is 2.13. The first-order chi connectivity index (χ1) is 6.22. The van der Waals surface area contributed by atoms with Gasteiger partial charge in [0.1, 0.15) is 0 Å². The lowest BCUT2D eigenvalue weighted by Gasteiger charge is -2.13. The van der Waals surface area contributed by atoms with Gasteiger partial charge in [-0.3, -0.25) is 0 Å². The number of rotatable bonds is 4. The summed E-state index contributed by atoms with van der Waals surface area (Å²) >= 11 is 0. The van der Waals surface area contributed by atoms with Crippen LogP contribution in [0.15, 0.2) is 36.9 Å². The molecule has 0 bridgehead atoms. The maximum atomic E-state index is 5.65. The molecule has 13 heavy (non-hydrogen) atoms. The van der Waals surface area contributed by atoms with Crippen LogP contribution in [0.5, 0.6) is 0 Å². The Kier molecular flexibility index (Phi) is 3.38. The van der Waals surface area contributed by atoms with Crippen LogP contribution in [0, 0.1) is 0 Å². The molecule has 0 aliphatic rings. The highest BCUT2D eigenvalue weighted by atomic mass is 14.9. The number of benzene rings is 1. The molecule has 2 heteroatoms. The van der Waals surface area contributed by atoms with Crippen molar-refractivity contribution in [2.45, 2.75) is 19.4 Å². The zero-order chi connectivity index (χ0) is 9.68. The standard InChI is InChI=1S/C11H16N2/c1-3-5-9(2)13-11-7-4-6-10(12)8-11/h3-4,6-9,13H,1,5,12H2,2H3. The van der Waals surface area contributed by atoms with E-state index in [1.807, 2.05) is 30.3 Å². The third kappa shape index (κ3) is 3.20. The summed E-state index contributed by atoms with van der Waals surface area (Å²) in [7, 11) is 0. The summed E-state index contributed by atoms with van der Waals surface area (Å²) < 4.78 is 0. The molecular weight excluding hydrogens is 160 g/mol. The third-order valence-corrected chi connectivity index (χ3v) is 1.82. The lowest BCUT2D eigenvalue weighted by molar-refractivity contribution is 0.814. The number of anilines is 2. The maximum Gasteiger partial charge on any atom is 0.0362 e. The highest BCUT2D eigenvalue weighted by molar-refractivity contribution is 5.54. The van der Waals surface area contributed by atoms with Gasteiger partial charge in [0.25, 0.3) is 0 Å². The summed E-state index contributed by atoms with van der Waals surface area (Å²) in [6.07, 6.45) is 2.86. The average molecular weight is 176 g/mol. The van der Waals surface area contributed by atoms with Gasteiger partial charge in [-0.2, -0.15) is 0 Å². The van der Waals surface area contributed by atoms with Crippen molar-refractivity contribution >= 4 is 11.4 Å². The molecule has 0 fully saturated rings. The zero-order valence-corrected chi connectivity index (χ0v) is 7.96. The Bertz CT molecular complexity index is 281. The average Bonchev–Trinajstić information content (AvgIpc) is 2.04. The third-order valence-electron chi connectivity index (χ3n) is 1.82. The van der Waals surface area contributed by atoms with Crippen LogP contribution in [-0.4, -0.2) is 6.04 Å². The van der Waals surface area contributed by atoms with Gasteiger partial charge < -0.3 is 11.1 Å². The highest BCUT2D eigenvalue weighted by Gasteiger charge is 1.98. The van der Waals surface area contributed by atoms with Crippen LogP contribution in [0.25, 0.3) is 0 Å². The summed E-state index contributed by atoms with van der Waals surface area (Å²) in [4.78, 5) is 0. The fourth-order valence-corrected chi connectivity index (χ4v) is 1.22. The zero-order valence-electron chi connectivity index (χ0n) is 7.96. The first-order valence-corrected chi connectivity index (χ1v) is 4.45. The molecule has 2 nitrogen and oxygen atoms in total. The molecule has 0 aliphatic carbocycles. The van der Waals surface area contributed by atoms with E-state index < -0.39 is 0 Å². The fraction of sp³-hybridized carbons (Fsp3) is 0.273. The molecule has 0 heterocycles. The van der Waals surface area contributed by atoms with Crippen molar-refractivity contribution in [3.8, 4) is 0 Å². The minimum Gasteiger partial charge on any atom is -0.399 e. The van der Waals surface area contributed by atoms with Gasteiger partial charge in [-0.05, 0) is 31.5 Å².